The average Bonchev–Trinajstić information content (AvgIpc) is 1.99. The third-order valence-corrected chi connectivity index (χ3v) is 3.17. The van der Waals surface area contributed by atoms with Gasteiger partial charge in [0.05, 0.1) is 5.75 Å². The number of hydrogen-bond donors (Lipinski definition) is 1. The quantitative estimate of drug-likeness (QED) is 0.805. The predicted octanol–water partition coefficient (Wildman–Crippen LogP) is 2.04. The lowest BCUT2D eigenvalue weighted by Crippen LogP contribution is -2.08. The van der Waals surface area contributed by atoms with Crippen molar-refractivity contribution in [2.75, 3.05) is 5.75 Å². The molecule has 0 aliphatic heterocycles. The van der Waals surface area contributed by atoms with Crippen LogP contribution in [0.25, 0.3) is 0 Å². The van der Waals surface area contributed by atoms with E-state index in [9.17, 15) is 8.42 Å². The molecule has 1 aromatic carbocycles. The second kappa shape index (κ2) is 4.33. The van der Waals surface area contributed by atoms with Crippen LogP contribution in [0.3, 0.4) is 0 Å². The van der Waals surface area contributed by atoms with E-state index in [0.717, 1.165) is 16.7 Å². The van der Waals surface area contributed by atoms with Gasteiger partial charge in [0.25, 0.3) is 10.1 Å². The molecule has 0 saturated carbocycles. The minimum Gasteiger partial charge on any atom is -0.286 e. The van der Waals surface area contributed by atoms with Gasteiger partial charge < -0.3 is 0 Å². The van der Waals surface area contributed by atoms with Gasteiger partial charge in [-0.3, -0.25) is 4.55 Å². The molecule has 1 rings (SSSR count). The van der Waals surface area contributed by atoms with Crippen molar-refractivity contribution in [2.24, 2.45) is 0 Å². The van der Waals surface area contributed by atoms with Crippen LogP contribution in [0.5, 0.6) is 0 Å². The maximum absolute atomic E-state index is 10.6. The van der Waals surface area contributed by atoms with Crippen LogP contribution in [0.4, 0.5) is 0 Å². The van der Waals surface area contributed by atoms with Crippen molar-refractivity contribution in [1.29, 1.82) is 0 Å². The number of aryl methyl sites for hydroxylation is 3. The lowest BCUT2D eigenvalue weighted by molar-refractivity contribution is 0.482. The summed E-state index contributed by atoms with van der Waals surface area (Å²) in [5.41, 5.74) is 4.34. The van der Waals surface area contributed by atoms with Gasteiger partial charge >= 0.3 is 0 Å². The molecular weight excluding hydrogens is 212 g/mol. The Morgan fingerprint density at radius 2 is 1.60 bits per heavy atom. The van der Waals surface area contributed by atoms with Crippen molar-refractivity contribution in [3.63, 3.8) is 0 Å². The summed E-state index contributed by atoms with van der Waals surface area (Å²) in [7, 11) is -3.87. The first-order chi connectivity index (χ1) is 6.79. The van der Waals surface area contributed by atoms with Gasteiger partial charge in [-0.15, -0.1) is 0 Å². The minimum absolute atomic E-state index is 0.211. The van der Waals surface area contributed by atoms with Crippen molar-refractivity contribution in [2.45, 2.75) is 27.2 Å². The Morgan fingerprint density at radius 1 is 1.13 bits per heavy atom. The Hall–Kier alpha value is -0.870. The van der Waals surface area contributed by atoms with E-state index in [4.69, 9.17) is 4.55 Å². The number of rotatable bonds is 3. The lowest BCUT2D eigenvalue weighted by Gasteiger charge is -2.10. The lowest BCUT2D eigenvalue weighted by atomic mass is 9.98. The SMILES string of the molecule is Cc1cc(C)c(CCS(=O)(=O)O)c(C)c1. The molecule has 1 aromatic rings. The number of benzene rings is 1. The molecule has 0 unspecified atom stereocenters. The van der Waals surface area contributed by atoms with Crippen LogP contribution in [-0.4, -0.2) is 18.7 Å². The standard InChI is InChI=1S/C11H16O3S/c1-8-6-9(2)11(10(3)7-8)4-5-15(12,13)14/h6-7H,4-5H2,1-3H3,(H,12,13,14). The number of hydrogen-bond acceptors (Lipinski definition) is 2. The molecule has 0 amide bonds. The summed E-state index contributed by atoms with van der Waals surface area (Å²) in [5.74, 6) is -0.211. The first kappa shape index (κ1) is 12.2. The van der Waals surface area contributed by atoms with Crippen LogP contribution in [0.1, 0.15) is 22.3 Å². The van der Waals surface area contributed by atoms with Gasteiger partial charge in [0.15, 0.2) is 0 Å². The highest BCUT2D eigenvalue weighted by molar-refractivity contribution is 7.85. The van der Waals surface area contributed by atoms with Crippen LogP contribution in [0.15, 0.2) is 12.1 Å². The van der Waals surface area contributed by atoms with Gasteiger partial charge in [0, 0.05) is 0 Å². The van der Waals surface area contributed by atoms with Crippen LogP contribution in [0.2, 0.25) is 0 Å². The van der Waals surface area contributed by atoms with Gasteiger partial charge in [-0.05, 0) is 43.9 Å². The van der Waals surface area contributed by atoms with Gasteiger partial charge in [0.1, 0.15) is 0 Å². The van der Waals surface area contributed by atoms with Crippen molar-refractivity contribution in [1.82, 2.24) is 0 Å². The molecule has 0 atom stereocenters. The fourth-order valence-corrected chi connectivity index (χ4v) is 2.30. The summed E-state index contributed by atoms with van der Waals surface area (Å²) in [5, 5.41) is 0. The molecule has 0 aliphatic carbocycles. The summed E-state index contributed by atoms with van der Waals surface area (Å²) in [6, 6.07) is 4.04. The summed E-state index contributed by atoms with van der Waals surface area (Å²) >= 11 is 0. The predicted molar refractivity (Wildman–Crippen MR) is 60.8 cm³/mol. The van der Waals surface area contributed by atoms with E-state index in [-0.39, 0.29) is 5.75 Å². The second-order valence-corrected chi connectivity index (χ2v) is 5.49. The van der Waals surface area contributed by atoms with E-state index < -0.39 is 10.1 Å². The molecule has 1 N–H and O–H groups in total. The largest absolute Gasteiger partial charge is 0.286 e. The molecule has 15 heavy (non-hydrogen) atoms. The van der Waals surface area contributed by atoms with Gasteiger partial charge in [-0.2, -0.15) is 8.42 Å². The van der Waals surface area contributed by atoms with Crippen LogP contribution < -0.4 is 0 Å². The first-order valence-corrected chi connectivity index (χ1v) is 6.42. The van der Waals surface area contributed by atoms with E-state index >= 15 is 0 Å². The fourth-order valence-electron chi connectivity index (χ4n) is 1.84. The molecule has 0 radical (unpaired) electrons. The highest BCUT2D eigenvalue weighted by atomic mass is 32.2. The van der Waals surface area contributed by atoms with Gasteiger partial charge in [-0.25, -0.2) is 0 Å². The highest BCUT2D eigenvalue weighted by Crippen LogP contribution is 2.17. The first-order valence-electron chi connectivity index (χ1n) is 4.81. The third-order valence-electron chi connectivity index (χ3n) is 2.45. The smallest absolute Gasteiger partial charge is 0.265 e. The zero-order chi connectivity index (χ0) is 11.6. The second-order valence-electron chi connectivity index (χ2n) is 3.91. The maximum atomic E-state index is 10.6. The van der Waals surface area contributed by atoms with E-state index in [1.165, 1.54) is 5.56 Å². The Labute approximate surface area is 90.9 Å². The Balaban J connectivity index is 2.96. The average molecular weight is 228 g/mol. The van der Waals surface area contributed by atoms with Crippen LogP contribution >= 0.6 is 0 Å². The highest BCUT2D eigenvalue weighted by Gasteiger charge is 2.09. The molecule has 0 bridgehead atoms. The topological polar surface area (TPSA) is 54.4 Å². The van der Waals surface area contributed by atoms with E-state index in [1.807, 2.05) is 32.9 Å². The fraction of sp³-hybridized carbons (Fsp3) is 0.455. The maximum Gasteiger partial charge on any atom is 0.265 e. The molecular formula is C11H16O3S. The zero-order valence-corrected chi connectivity index (χ0v) is 10.1. The van der Waals surface area contributed by atoms with E-state index in [1.54, 1.807) is 0 Å². The molecule has 0 aromatic heterocycles. The summed E-state index contributed by atoms with van der Waals surface area (Å²) in [6.07, 6.45) is 0.372. The zero-order valence-electron chi connectivity index (χ0n) is 9.24. The van der Waals surface area contributed by atoms with Crippen LogP contribution in [0, 0.1) is 20.8 Å². The Kier molecular flexibility index (Phi) is 3.52. The van der Waals surface area contributed by atoms with Crippen molar-refractivity contribution in [3.05, 3.63) is 34.4 Å². The molecule has 0 heterocycles. The third kappa shape index (κ3) is 3.64. The van der Waals surface area contributed by atoms with Gasteiger partial charge in [0.2, 0.25) is 0 Å². The summed E-state index contributed by atoms with van der Waals surface area (Å²) in [4.78, 5) is 0. The summed E-state index contributed by atoms with van der Waals surface area (Å²) in [6.45, 7) is 5.92. The molecule has 0 aliphatic rings. The Bertz CT molecular complexity index is 438. The molecule has 0 fully saturated rings. The molecule has 3 nitrogen and oxygen atoms in total. The molecule has 4 heteroatoms. The molecule has 0 saturated heterocycles. The van der Waals surface area contributed by atoms with Gasteiger partial charge in [-0.1, -0.05) is 17.7 Å². The monoisotopic (exact) mass is 228 g/mol. The van der Waals surface area contributed by atoms with Crippen molar-refractivity contribution in [3.8, 4) is 0 Å². The van der Waals surface area contributed by atoms with Crippen LogP contribution in [-0.2, 0) is 16.5 Å². The van der Waals surface area contributed by atoms with E-state index in [0.29, 0.717) is 6.42 Å². The minimum atomic E-state index is -3.87. The van der Waals surface area contributed by atoms with Crippen molar-refractivity contribution < 1.29 is 13.0 Å². The summed E-state index contributed by atoms with van der Waals surface area (Å²) < 4.78 is 30.0. The normalized spacial score (nSPS) is 11.7. The molecule has 84 valence electrons. The Morgan fingerprint density at radius 3 is 2.00 bits per heavy atom. The molecule has 0 spiro atoms. The van der Waals surface area contributed by atoms with Crippen molar-refractivity contribution >= 4 is 10.1 Å². The van der Waals surface area contributed by atoms with E-state index in [2.05, 4.69) is 0 Å².